The quantitative estimate of drug-likeness (QED) is 0.845. The average Bonchev–Trinajstić information content (AvgIpc) is 3.21. The van der Waals surface area contributed by atoms with Crippen LogP contribution in [0.3, 0.4) is 0 Å². The Morgan fingerprint density at radius 2 is 2.05 bits per heavy atom. The highest BCUT2D eigenvalue weighted by molar-refractivity contribution is 5.69. The largest absolute Gasteiger partial charge is 0.494 e. The van der Waals surface area contributed by atoms with Crippen LogP contribution in [0.2, 0.25) is 0 Å². The van der Waals surface area contributed by atoms with E-state index >= 15 is 0 Å². The number of benzene rings is 1. The number of nitrogens with zero attached hydrogens (tertiary/aromatic N) is 1. The zero-order valence-corrected chi connectivity index (χ0v) is 13.9. The maximum atomic E-state index is 12.4. The van der Waals surface area contributed by atoms with Gasteiger partial charge in [0.15, 0.2) is 0 Å². The Hall–Kier alpha value is -1.91. The van der Waals surface area contributed by atoms with E-state index in [-0.39, 0.29) is 12.1 Å². The molecule has 1 saturated carbocycles. The van der Waals surface area contributed by atoms with Crippen molar-refractivity contribution in [3.05, 3.63) is 23.8 Å². The van der Waals surface area contributed by atoms with Crippen molar-refractivity contribution in [3.8, 4) is 5.75 Å². The Morgan fingerprint density at radius 3 is 2.59 bits per heavy atom. The summed E-state index contributed by atoms with van der Waals surface area (Å²) in [5.41, 5.74) is 6.96. The van der Waals surface area contributed by atoms with E-state index in [9.17, 15) is 4.79 Å². The van der Waals surface area contributed by atoms with Crippen molar-refractivity contribution in [2.45, 2.75) is 58.7 Å². The van der Waals surface area contributed by atoms with E-state index < -0.39 is 5.60 Å². The highest BCUT2D eigenvalue weighted by Crippen LogP contribution is 2.32. The summed E-state index contributed by atoms with van der Waals surface area (Å²) in [4.78, 5) is 14.2. The van der Waals surface area contributed by atoms with E-state index in [1.807, 2.05) is 45.9 Å². The summed E-state index contributed by atoms with van der Waals surface area (Å²) >= 11 is 0. The minimum absolute atomic E-state index is 0.255. The predicted molar refractivity (Wildman–Crippen MR) is 86.8 cm³/mol. The van der Waals surface area contributed by atoms with Crippen molar-refractivity contribution in [3.63, 3.8) is 0 Å². The summed E-state index contributed by atoms with van der Waals surface area (Å²) in [5, 5.41) is 0. The van der Waals surface area contributed by atoms with Gasteiger partial charge in [-0.15, -0.1) is 0 Å². The van der Waals surface area contributed by atoms with Gasteiger partial charge in [-0.2, -0.15) is 0 Å². The number of rotatable bonds is 5. The molecule has 1 aromatic carbocycles. The van der Waals surface area contributed by atoms with Crippen molar-refractivity contribution in [1.29, 1.82) is 0 Å². The first-order chi connectivity index (χ1) is 10.3. The van der Waals surface area contributed by atoms with Gasteiger partial charge in [-0.25, -0.2) is 4.79 Å². The third-order valence-electron chi connectivity index (χ3n) is 3.34. The van der Waals surface area contributed by atoms with Crippen LogP contribution in [0.25, 0.3) is 0 Å². The maximum absolute atomic E-state index is 12.4. The Bertz CT molecular complexity index is 533. The monoisotopic (exact) mass is 306 g/mol. The van der Waals surface area contributed by atoms with Crippen LogP contribution in [0.1, 0.15) is 46.1 Å². The Balaban J connectivity index is 2.17. The molecule has 1 aliphatic rings. The minimum Gasteiger partial charge on any atom is -0.494 e. The third-order valence-corrected chi connectivity index (χ3v) is 3.34. The first-order valence-corrected chi connectivity index (χ1v) is 7.81. The highest BCUT2D eigenvalue weighted by atomic mass is 16.6. The molecule has 5 nitrogen and oxygen atoms in total. The van der Waals surface area contributed by atoms with E-state index in [2.05, 4.69) is 0 Å². The number of hydrogen-bond donors (Lipinski definition) is 1. The summed E-state index contributed by atoms with van der Waals surface area (Å²) in [6.45, 7) is 8.60. The molecule has 0 aliphatic heterocycles. The van der Waals surface area contributed by atoms with Crippen LogP contribution < -0.4 is 10.5 Å². The molecule has 122 valence electrons. The fraction of sp³-hybridized carbons (Fsp3) is 0.588. The zero-order valence-electron chi connectivity index (χ0n) is 13.9. The van der Waals surface area contributed by atoms with E-state index in [1.54, 1.807) is 4.90 Å². The van der Waals surface area contributed by atoms with E-state index in [0.717, 1.165) is 24.2 Å². The molecular weight excluding hydrogens is 280 g/mol. The van der Waals surface area contributed by atoms with E-state index in [0.29, 0.717) is 18.8 Å². The van der Waals surface area contributed by atoms with Gasteiger partial charge in [0.2, 0.25) is 0 Å². The Kier molecular flexibility index (Phi) is 4.84. The van der Waals surface area contributed by atoms with Gasteiger partial charge in [0.1, 0.15) is 11.4 Å². The number of anilines is 1. The maximum Gasteiger partial charge on any atom is 0.410 e. The van der Waals surface area contributed by atoms with Crippen LogP contribution in [0, 0.1) is 0 Å². The van der Waals surface area contributed by atoms with Crippen molar-refractivity contribution in [1.82, 2.24) is 4.90 Å². The standard InChI is InChI=1S/C17H26N2O3/c1-5-21-15-9-6-13(18)10-12(15)11-19(14-7-8-14)16(20)22-17(2,3)4/h6,9-10,14H,5,7-8,11,18H2,1-4H3. The molecule has 1 amide bonds. The normalized spacial score (nSPS) is 14.5. The molecule has 0 bridgehead atoms. The first-order valence-electron chi connectivity index (χ1n) is 7.81. The number of nitrogens with two attached hydrogens (primary N) is 1. The lowest BCUT2D eigenvalue weighted by molar-refractivity contribution is 0.0215. The lowest BCUT2D eigenvalue weighted by Crippen LogP contribution is -2.37. The van der Waals surface area contributed by atoms with Gasteiger partial charge in [0, 0.05) is 17.3 Å². The smallest absolute Gasteiger partial charge is 0.410 e. The van der Waals surface area contributed by atoms with Crippen LogP contribution in [0.4, 0.5) is 10.5 Å². The Morgan fingerprint density at radius 1 is 1.36 bits per heavy atom. The second-order valence-electron chi connectivity index (χ2n) is 6.64. The van der Waals surface area contributed by atoms with Gasteiger partial charge in [0.25, 0.3) is 0 Å². The second kappa shape index (κ2) is 6.46. The van der Waals surface area contributed by atoms with Gasteiger partial charge in [-0.3, -0.25) is 0 Å². The minimum atomic E-state index is -0.497. The summed E-state index contributed by atoms with van der Waals surface area (Å²) in [6, 6.07) is 5.79. The lowest BCUT2D eigenvalue weighted by Gasteiger charge is -2.28. The van der Waals surface area contributed by atoms with E-state index in [4.69, 9.17) is 15.2 Å². The molecule has 0 radical (unpaired) electrons. The molecule has 5 heteroatoms. The summed E-state index contributed by atoms with van der Waals surface area (Å²) < 4.78 is 11.2. The molecule has 2 N–H and O–H groups in total. The highest BCUT2D eigenvalue weighted by Gasteiger charge is 2.35. The molecule has 22 heavy (non-hydrogen) atoms. The zero-order chi connectivity index (χ0) is 16.3. The SMILES string of the molecule is CCOc1ccc(N)cc1CN(C(=O)OC(C)(C)C)C1CC1. The molecule has 2 rings (SSSR count). The predicted octanol–water partition coefficient (Wildman–Crippen LogP) is 3.57. The molecule has 0 spiro atoms. The van der Waals surface area contributed by atoms with Crippen LogP contribution in [0.15, 0.2) is 18.2 Å². The third kappa shape index (κ3) is 4.55. The van der Waals surface area contributed by atoms with E-state index in [1.165, 1.54) is 0 Å². The fourth-order valence-electron chi connectivity index (χ4n) is 2.25. The summed E-state index contributed by atoms with van der Waals surface area (Å²) in [7, 11) is 0. The molecule has 1 fully saturated rings. The molecule has 1 aromatic rings. The molecule has 1 aliphatic carbocycles. The van der Waals surface area contributed by atoms with Crippen molar-refractivity contribution < 1.29 is 14.3 Å². The molecule has 0 atom stereocenters. The number of hydrogen-bond acceptors (Lipinski definition) is 4. The van der Waals surface area contributed by atoms with Gasteiger partial charge >= 0.3 is 6.09 Å². The second-order valence-corrected chi connectivity index (χ2v) is 6.64. The van der Waals surface area contributed by atoms with Gasteiger partial charge in [-0.1, -0.05) is 0 Å². The lowest BCUT2D eigenvalue weighted by atomic mass is 10.1. The van der Waals surface area contributed by atoms with Gasteiger partial charge in [-0.05, 0) is 58.7 Å². The number of carbonyl (C=O) groups is 1. The van der Waals surface area contributed by atoms with Crippen molar-refractivity contribution in [2.24, 2.45) is 0 Å². The van der Waals surface area contributed by atoms with Crippen molar-refractivity contribution in [2.75, 3.05) is 12.3 Å². The van der Waals surface area contributed by atoms with Crippen LogP contribution in [-0.4, -0.2) is 29.2 Å². The topological polar surface area (TPSA) is 64.8 Å². The Labute approximate surface area is 132 Å². The van der Waals surface area contributed by atoms with Crippen molar-refractivity contribution >= 4 is 11.8 Å². The van der Waals surface area contributed by atoms with Gasteiger partial charge < -0.3 is 20.1 Å². The molecule has 0 unspecified atom stereocenters. The fourth-order valence-corrected chi connectivity index (χ4v) is 2.25. The number of nitrogen functional groups attached to an aromatic ring is 1. The molecular formula is C17H26N2O3. The molecule has 0 saturated heterocycles. The number of carbonyl (C=O) groups excluding carboxylic acids is 1. The first kappa shape index (κ1) is 16.5. The average molecular weight is 306 g/mol. The number of amides is 1. The molecule has 0 aromatic heterocycles. The van der Waals surface area contributed by atoms with Gasteiger partial charge in [0.05, 0.1) is 13.2 Å². The summed E-state index contributed by atoms with van der Waals surface area (Å²) in [6.07, 6.45) is 1.76. The van der Waals surface area contributed by atoms with Crippen LogP contribution >= 0.6 is 0 Å². The van der Waals surface area contributed by atoms with Crippen LogP contribution in [-0.2, 0) is 11.3 Å². The summed E-state index contributed by atoms with van der Waals surface area (Å²) in [5.74, 6) is 0.769. The van der Waals surface area contributed by atoms with Crippen LogP contribution in [0.5, 0.6) is 5.75 Å². The number of ether oxygens (including phenoxy) is 2. The molecule has 0 heterocycles.